The smallest absolute Gasteiger partial charge is 0.229 e. The van der Waals surface area contributed by atoms with Crippen LogP contribution in [0.15, 0.2) is 42.5 Å². The Hall–Kier alpha value is -2.77. The van der Waals surface area contributed by atoms with Gasteiger partial charge in [-0.2, -0.15) is 9.78 Å². The van der Waals surface area contributed by atoms with Crippen LogP contribution in [0, 0.1) is 19.7 Å². The Morgan fingerprint density at radius 3 is 2.68 bits per heavy atom. The molecule has 0 spiro atoms. The standard InChI is InChI=1S/C20H16ClFN4OS/c1-11-3-8-15(21)19-18(11)24-20(28-19)26-16(9-12(2)25-26)23-17(27)10-13-4-6-14(22)7-5-13/h3-9H,10H2,1-2H3,(H,23,27). The topological polar surface area (TPSA) is 59.8 Å². The number of nitrogens with zero attached hydrogens (tertiary/aromatic N) is 3. The third-order valence-electron chi connectivity index (χ3n) is 4.24. The largest absolute Gasteiger partial charge is 0.310 e. The molecule has 28 heavy (non-hydrogen) atoms. The van der Waals surface area contributed by atoms with Crippen molar-refractivity contribution >= 4 is 44.9 Å². The molecule has 0 bridgehead atoms. The molecule has 0 saturated carbocycles. The SMILES string of the molecule is Cc1cc(NC(=O)Cc2ccc(F)cc2)n(-c2nc3c(C)ccc(Cl)c3s2)n1. The van der Waals surface area contributed by atoms with Crippen LogP contribution in [-0.2, 0) is 11.2 Å². The predicted octanol–water partition coefficient (Wildman–Crippen LogP) is 5.07. The summed E-state index contributed by atoms with van der Waals surface area (Å²) >= 11 is 7.72. The molecule has 2 aromatic carbocycles. The lowest BCUT2D eigenvalue weighted by atomic mass is 10.1. The van der Waals surface area contributed by atoms with Crippen LogP contribution in [0.1, 0.15) is 16.8 Å². The molecule has 2 aromatic heterocycles. The molecule has 0 fully saturated rings. The summed E-state index contributed by atoms with van der Waals surface area (Å²) in [5.74, 6) is -0.0248. The number of hydrogen-bond acceptors (Lipinski definition) is 4. The van der Waals surface area contributed by atoms with Gasteiger partial charge in [-0.15, -0.1) is 0 Å². The number of nitrogens with one attached hydrogen (secondary N) is 1. The zero-order valence-corrected chi connectivity index (χ0v) is 16.7. The van der Waals surface area contributed by atoms with Gasteiger partial charge in [0.1, 0.15) is 11.6 Å². The molecule has 0 saturated heterocycles. The van der Waals surface area contributed by atoms with Crippen molar-refractivity contribution in [2.45, 2.75) is 20.3 Å². The molecule has 0 aliphatic heterocycles. The fourth-order valence-electron chi connectivity index (χ4n) is 2.89. The van der Waals surface area contributed by atoms with Gasteiger partial charge in [0, 0.05) is 6.07 Å². The van der Waals surface area contributed by atoms with Crippen molar-refractivity contribution in [1.82, 2.24) is 14.8 Å². The van der Waals surface area contributed by atoms with Gasteiger partial charge in [-0.05, 0) is 43.2 Å². The zero-order chi connectivity index (χ0) is 19.8. The summed E-state index contributed by atoms with van der Waals surface area (Å²) in [5.41, 5.74) is 3.32. The fourth-order valence-corrected chi connectivity index (χ4v) is 4.17. The average molecular weight is 415 g/mol. The van der Waals surface area contributed by atoms with Crippen LogP contribution >= 0.6 is 22.9 Å². The van der Waals surface area contributed by atoms with Gasteiger partial charge in [-0.3, -0.25) is 4.79 Å². The molecule has 142 valence electrons. The first-order valence-electron chi connectivity index (χ1n) is 8.57. The quantitative estimate of drug-likeness (QED) is 0.507. The lowest BCUT2D eigenvalue weighted by Gasteiger charge is -2.06. The van der Waals surface area contributed by atoms with E-state index in [2.05, 4.69) is 15.4 Å². The number of halogens is 2. The van der Waals surface area contributed by atoms with Crippen molar-refractivity contribution in [3.63, 3.8) is 0 Å². The van der Waals surface area contributed by atoms with Crippen LogP contribution in [-0.4, -0.2) is 20.7 Å². The van der Waals surface area contributed by atoms with E-state index in [9.17, 15) is 9.18 Å². The van der Waals surface area contributed by atoms with E-state index in [0.29, 0.717) is 16.0 Å². The Morgan fingerprint density at radius 1 is 1.21 bits per heavy atom. The first-order valence-corrected chi connectivity index (χ1v) is 9.77. The van der Waals surface area contributed by atoms with Crippen molar-refractivity contribution in [2.75, 3.05) is 5.32 Å². The monoisotopic (exact) mass is 414 g/mol. The van der Waals surface area contributed by atoms with Crippen LogP contribution in [0.4, 0.5) is 10.2 Å². The second kappa shape index (κ2) is 7.33. The fraction of sp³-hybridized carbons (Fsp3) is 0.150. The minimum absolute atomic E-state index is 0.134. The molecule has 0 aliphatic carbocycles. The van der Waals surface area contributed by atoms with Gasteiger partial charge in [0.2, 0.25) is 11.0 Å². The van der Waals surface area contributed by atoms with E-state index in [4.69, 9.17) is 11.6 Å². The summed E-state index contributed by atoms with van der Waals surface area (Å²) in [5, 5.41) is 8.59. The maximum Gasteiger partial charge on any atom is 0.229 e. The van der Waals surface area contributed by atoms with E-state index in [1.54, 1.807) is 22.9 Å². The highest BCUT2D eigenvalue weighted by Crippen LogP contribution is 2.34. The summed E-state index contributed by atoms with van der Waals surface area (Å²) < 4.78 is 15.5. The van der Waals surface area contributed by atoms with Crippen molar-refractivity contribution in [1.29, 1.82) is 0 Å². The molecule has 8 heteroatoms. The maximum atomic E-state index is 13.0. The number of amides is 1. The number of benzene rings is 2. The third-order valence-corrected chi connectivity index (χ3v) is 5.74. The molecule has 0 atom stereocenters. The first-order chi connectivity index (χ1) is 13.4. The molecule has 1 amide bonds. The van der Waals surface area contributed by atoms with Crippen molar-refractivity contribution in [2.24, 2.45) is 0 Å². The molecule has 4 rings (SSSR count). The van der Waals surface area contributed by atoms with Gasteiger partial charge in [0.25, 0.3) is 0 Å². The third kappa shape index (κ3) is 3.63. The van der Waals surface area contributed by atoms with E-state index in [0.717, 1.165) is 27.0 Å². The predicted molar refractivity (Wildman–Crippen MR) is 110 cm³/mol. The Morgan fingerprint density at radius 2 is 1.96 bits per heavy atom. The zero-order valence-electron chi connectivity index (χ0n) is 15.2. The van der Waals surface area contributed by atoms with Gasteiger partial charge >= 0.3 is 0 Å². The number of aryl methyl sites for hydroxylation is 2. The lowest BCUT2D eigenvalue weighted by molar-refractivity contribution is -0.115. The number of aromatic nitrogens is 3. The van der Waals surface area contributed by atoms with Crippen LogP contribution in [0.2, 0.25) is 5.02 Å². The Labute approximate surface area is 169 Å². The van der Waals surface area contributed by atoms with Gasteiger partial charge in [0.05, 0.1) is 27.4 Å². The van der Waals surface area contributed by atoms with Crippen LogP contribution in [0.3, 0.4) is 0 Å². The maximum absolute atomic E-state index is 13.0. The molecule has 1 N–H and O–H groups in total. The highest BCUT2D eigenvalue weighted by atomic mass is 35.5. The number of fused-ring (bicyclic) bond motifs is 1. The van der Waals surface area contributed by atoms with Gasteiger partial charge in [-0.1, -0.05) is 41.1 Å². The van der Waals surface area contributed by atoms with E-state index < -0.39 is 0 Å². The average Bonchev–Trinajstić information content (AvgIpc) is 3.25. The van der Waals surface area contributed by atoms with E-state index in [-0.39, 0.29) is 18.1 Å². The molecule has 0 aliphatic rings. The molecule has 4 aromatic rings. The highest BCUT2D eigenvalue weighted by Gasteiger charge is 2.16. The number of thiazole rings is 1. The summed E-state index contributed by atoms with van der Waals surface area (Å²) in [7, 11) is 0. The van der Waals surface area contributed by atoms with E-state index in [1.807, 2.05) is 26.0 Å². The van der Waals surface area contributed by atoms with Crippen molar-refractivity contribution < 1.29 is 9.18 Å². The second-order valence-corrected chi connectivity index (χ2v) is 7.86. The van der Waals surface area contributed by atoms with Crippen LogP contribution in [0.25, 0.3) is 15.3 Å². The minimum atomic E-state index is -0.331. The molecule has 0 radical (unpaired) electrons. The molecular formula is C20H16ClFN4OS. The molecular weight excluding hydrogens is 399 g/mol. The number of hydrogen-bond donors (Lipinski definition) is 1. The minimum Gasteiger partial charge on any atom is -0.310 e. The molecule has 5 nitrogen and oxygen atoms in total. The number of carbonyl (C=O) groups is 1. The molecule has 0 unspecified atom stereocenters. The number of rotatable bonds is 4. The summed E-state index contributed by atoms with van der Waals surface area (Å²) in [6, 6.07) is 11.4. The Balaban J connectivity index is 1.64. The summed E-state index contributed by atoms with van der Waals surface area (Å²) in [6.45, 7) is 3.82. The van der Waals surface area contributed by atoms with E-state index >= 15 is 0 Å². The second-order valence-electron chi connectivity index (χ2n) is 6.47. The van der Waals surface area contributed by atoms with Gasteiger partial charge in [0.15, 0.2) is 0 Å². The number of anilines is 1. The Bertz CT molecular complexity index is 1140. The van der Waals surface area contributed by atoms with Gasteiger partial charge in [-0.25, -0.2) is 9.37 Å². The summed E-state index contributed by atoms with van der Waals surface area (Å²) in [6.07, 6.45) is 0.134. The normalized spacial score (nSPS) is 11.1. The van der Waals surface area contributed by atoms with Gasteiger partial charge < -0.3 is 5.32 Å². The van der Waals surface area contributed by atoms with Crippen LogP contribution in [0.5, 0.6) is 0 Å². The molecule has 2 heterocycles. The summed E-state index contributed by atoms with van der Waals surface area (Å²) in [4.78, 5) is 17.1. The first kappa shape index (κ1) is 18.6. The Kier molecular flexibility index (Phi) is 4.87. The van der Waals surface area contributed by atoms with Crippen molar-refractivity contribution in [3.8, 4) is 5.13 Å². The lowest BCUT2D eigenvalue weighted by Crippen LogP contribution is -2.17. The van der Waals surface area contributed by atoms with Crippen LogP contribution < -0.4 is 5.32 Å². The number of carbonyl (C=O) groups excluding carboxylic acids is 1. The van der Waals surface area contributed by atoms with E-state index in [1.165, 1.54) is 23.5 Å². The van der Waals surface area contributed by atoms with Crippen molar-refractivity contribution in [3.05, 3.63) is 70.1 Å². The highest BCUT2D eigenvalue weighted by molar-refractivity contribution is 7.21.